The van der Waals surface area contributed by atoms with Crippen molar-refractivity contribution < 1.29 is 22.0 Å². The highest BCUT2D eigenvalue weighted by Gasteiger charge is 2.16. The molecule has 2 rings (SSSR count). The first-order valence-corrected chi connectivity index (χ1v) is 7.02. The first-order chi connectivity index (χ1) is 10.5. The van der Waals surface area contributed by atoms with E-state index in [-0.39, 0.29) is 22.3 Å². The lowest BCUT2D eigenvalue weighted by Crippen LogP contribution is -2.01. The lowest BCUT2D eigenvalue weighted by Gasteiger charge is -2.07. The Balaban J connectivity index is 0.000000231. The molecular formula is C18H19F5. The predicted molar refractivity (Wildman–Crippen MR) is 81.1 cm³/mol. The summed E-state index contributed by atoms with van der Waals surface area (Å²) in [5, 5.41) is 0. The van der Waals surface area contributed by atoms with Crippen LogP contribution in [0.25, 0.3) is 0 Å². The molecule has 0 saturated heterocycles. The zero-order valence-corrected chi connectivity index (χ0v) is 14.0. The molecule has 0 aliphatic rings. The van der Waals surface area contributed by atoms with Crippen molar-refractivity contribution in [1.29, 1.82) is 0 Å². The van der Waals surface area contributed by atoms with Crippen molar-refractivity contribution in [2.24, 2.45) is 0 Å². The van der Waals surface area contributed by atoms with Crippen molar-refractivity contribution >= 4 is 0 Å². The monoisotopic (exact) mass is 330 g/mol. The van der Waals surface area contributed by atoms with E-state index < -0.39 is 29.1 Å². The predicted octanol–water partition coefficient (Wildman–Crippen LogP) is 5.92. The van der Waals surface area contributed by atoms with Crippen molar-refractivity contribution in [3.63, 3.8) is 0 Å². The summed E-state index contributed by atoms with van der Waals surface area (Å²) in [5.41, 5.74) is 0.759. The average Bonchev–Trinajstić information content (AvgIpc) is 2.53. The maximum atomic E-state index is 13.0. The topological polar surface area (TPSA) is 0 Å². The van der Waals surface area contributed by atoms with Gasteiger partial charge in [0, 0.05) is 22.3 Å². The maximum absolute atomic E-state index is 13.0. The Morgan fingerprint density at radius 3 is 0.913 bits per heavy atom. The van der Waals surface area contributed by atoms with Gasteiger partial charge in [0.15, 0.2) is 0 Å². The molecule has 0 nitrogen and oxygen atoms in total. The van der Waals surface area contributed by atoms with Crippen LogP contribution in [0.2, 0.25) is 0 Å². The zero-order valence-electron chi connectivity index (χ0n) is 14.0. The molecule has 5 heteroatoms. The molecule has 23 heavy (non-hydrogen) atoms. The molecule has 0 aliphatic carbocycles. The minimum absolute atomic E-state index is 0.113. The van der Waals surface area contributed by atoms with Crippen molar-refractivity contribution in [3.8, 4) is 0 Å². The lowest BCUT2D eigenvalue weighted by molar-refractivity contribution is 0.512. The second kappa shape index (κ2) is 7.11. The van der Waals surface area contributed by atoms with E-state index in [9.17, 15) is 22.0 Å². The fourth-order valence-corrected chi connectivity index (χ4v) is 2.27. The average molecular weight is 330 g/mol. The third-order valence-corrected chi connectivity index (χ3v) is 3.76. The summed E-state index contributed by atoms with van der Waals surface area (Å²) >= 11 is 0. The van der Waals surface area contributed by atoms with E-state index in [2.05, 4.69) is 0 Å². The van der Waals surface area contributed by atoms with Crippen LogP contribution in [-0.2, 0) is 0 Å². The van der Waals surface area contributed by atoms with Gasteiger partial charge in [-0.25, -0.2) is 22.0 Å². The highest BCUT2D eigenvalue weighted by Crippen LogP contribution is 2.22. The molecule has 2 aromatic carbocycles. The Morgan fingerprint density at radius 2 is 0.652 bits per heavy atom. The Morgan fingerprint density at radius 1 is 0.435 bits per heavy atom. The summed E-state index contributed by atoms with van der Waals surface area (Å²) in [4.78, 5) is 0. The molecule has 0 atom stereocenters. The van der Waals surface area contributed by atoms with Crippen molar-refractivity contribution in [1.82, 2.24) is 0 Å². The van der Waals surface area contributed by atoms with Crippen LogP contribution in [0.4, 0.5) is 22.0 Å². The Labute approximate surface area is 133 Å². The lowest BCUT2D eigenvalue weighted by atomic mass is 10.1. The van der Waals surface area contributed by atoms with Gasteiger partial charge in [-0.2, -0.15) is 0 Å². The molecule has 0 spiro atoms. The summed E-state index contributed by atoms with van der Waals surface area (Å²) in [6, 6.07) is 1.51. The van der Waals surface area contributed by atoms with Crippen LogP contribution in [0.5, 0.6) is 0 Å². The SMILES string of the molecule is Cc1c(F)c(C)c(F)c(C)c1F.Cc1cc(C)c(F)c(C)c1F. The summed E-state index contributed by atoms with van der Waals surface area (Å²) in [7, 11) is 0. The van der Waals surface area contributed by atoms with Crippen molar-refractivity contribution in [2.75, 3.05) is 0 Å². The van der Waals surface area contributed by atoms with Gasteiger partial charge in [-0.3, -0.25) is 0 Å². The maximum Gasteiger partial charge on any atom is 0.134 e. The van der Waals surface area contributed by atoms with Gasteiger partial charge < -0.3 is 0 Å². The van der Waals surface area contributed by atoms with E-state index in [0.717, 1.165) is 0 Å². The summed E-state index contributed by atoms with van der Waals surface area (Å²) < 4.78 is 64.7. The van der Waals surface area contributed by atoms with Crippen LogP contribution in [-0.4, -0.2) is 0 Å². The Hall–Kier alpha value is -1.91. The van der Waals surface area contributed by atoms with Crippen LogP contribution in [0.3, 0.4) is 0 Å². The summed E-state index contributed by atoms with van der Waals surface area (Å²) in [6.45, 7) is 8.60. The van der Waals surface area contributed by atoms with Crippen molar-refractivity contribution in [2.45, 2.75) is 41.5 Å². The van der Waals surface area contributed by atoms with E-state index in [1.807, 2.05) is 0 Å². The molecule has 0 amide bonds. The number of benzene rings is 2. The van der Waals surface area contributed by atoms with E-state index in [4.69, 9.17) is 0 Å². The molecule has 2 aromatic rings. The Bertz CT molecular complexity index is 617. The molecule has 0 radical (unpaired) electrons. The number of hydrogen-bond donors (Lipinski definition) is 0. The minimum atomic E-state index is -0.796. The molecule has 126 valence electrons. The highest BCUT2D eigenvalue weighted by molar-refractivity contribution is 5.33. The van der Waals surface area contributed by atoms with E-state index in [0.29, 0.717) is 11.1 Å². The molecule has 0 heterocycles. The smallest absolute Gasteiger partial charge is 0.134 e. The van der Waals surface area contributed by atoms with Crippen LogP contribution >= 0.6 is 0 Å². The molecule has 0 aliphatic heterocycles. The third-order valence-electron chi connectivity index (χ3n) is 3.76. The van der Waals surface area contributed by atoms with Gasteiger partial charge >= 0.3 is 0 Å². The number of rotatable bonds is 0. The molecule has 0 aromatic heterocycles. The largest absolute Gasteiger partial charge is 0.206 e. The van der Waals surface area contributed by atoms with Gasteiger partial charge in [-0.1, -0.05) is 6.07 Å². The van der Waals surface area contributed by atoms with E-state index >= 15 is 0 Å². The second-order valence-electron chi connectivity index (χ2n) is 5.58. The minimum Gasteiger partial charge on any atom is -0.206 e. The highest BCUT2D eigenvalue weighted by atomic mass is 19.2. The number of halogens is 5. The fourth-order valence-electron chi connectivity index (χ4n) is 2.27. The Kier molecular flexibility index (Phi) is 5.92. The van der Waals surface area contributed by atoms with Gasteiger partial charge in [-0.05, 0) is 52.7 Å². The third kappa shape index (κ3) is 3.71. The quantitative estimate of drug-likeness (QED) is 0.526. The standard InChI is InChI=1S/C9H9F3.C9H10F2/c1-4-7(10)5(2)9(12)6(3)8(4)11;1-5-4-6(2)9(11)7(3)8(5)10/h1-3H3;4H,1-3H3. The number of hydrogen-bond acceptors (Lipinski definition) is 0. The van der Waals surface area contributed by atoms with E-state index in [1.165, 1.54) is 33.8 Å². The van der Waals surface area contributed by atoms with Crippen LogP contribution in [0.1, 0.15) is 33.4 Å². The second-order valence-corrected chi connectivity index (χ2v) is 5.58. The molecule has 0 fully saturated rings. The normalized spacial score (nSPS) is 10.4. The van der Waals surface area contributed by atoms with Gasteiger partial charge in [0.05, 0.1) is 0 Å². The first-order valence-electron chi connectivity index (χ1n) is 7.02. The molecule has 0 saturated carbocycles. The summed E-state index contributed by atoms with van der Waals surface area (Å²) in [6.07, 6.45) is 0. The van der Waals surface area contributed by atoms with Crippen LogP contribution < -0.4 is 0 Å². The van der Waals surface area contributed by atoms with Crippen LogP contribution in [0, 0.1) is 70.6 Å². The summed E-state index contributed by atoms with van der Waals surface area (Å²) in [5.74, 6) is -3.26. The molecule has 0 bridgehead atoms. The molecule has 0 N–H and O–H groups in total. The van der Waals surface area contributed by atoms with E-state index in [1.54, 1.807) is 13.8 Å². The van der Waals surface area contributed by atoms with Gasteiger partial charge in [-0.15, -0.1) is 0 Å². The zero-order chi connectivity index (χ0) is 18.1. The van der Waals surface area contributed by atoms with Gasteiger partial charge in [0.2, 0.25) is 0 Å². The fraction of sp³-hybridized carbons (Fsp3) is 0.333. The van der Waals surface area contributed by atoms with Crippen molar-refractivity contribution in [3.05, 3.63) is 68.5 Å². The van der Waals surface area contributed by atoms with Gasteiger partial charge in [0.25, 0.3) is 0 Å². The molecular weight excluding hydrogens is 311 g/mol. The first kappa shape index (κ1) is 19.1. The number of aryl methyl sites for hydroxylation is 2. The van der Waals surface area contributed by atoms with Gasteiger partial charge in [0.1, 0.15) is 29.1 Å². The molecule has 0 unspecified atom stereocenters. The van der Waals surface area contributed by atoms with Crippen LogP contribution in [0.15, 0.2) is 6.07 Å².